The zero-order chi connectivity index (χ0) is 37.1. The fourth-order valence-corrected chi connectivity index (χ4v) is 8.71. The van der Waals surface area contributed by atoms with E-state index in [4.69, 9.17) is 0 Å². The van der Waals surface area contributed by atoms with Crippen molar-refractivity contribution in [1.82, 2.24) is 0 Å². The fraction of sp³-hybridized carbons (Fsp3) is 0.0566. The van der Waals surface area contributed by atoms with Crippen molar-refractivity contribution in [3.8, 4) is 44.5 Å². The van der Waals surface area contributed by atoms with Crippen molar-refractivity contribution in [2.75, 3.05) is 4.90 Å². The second kappa shape index (κ2) is 13.0. The maximum absolute atomic E-state index is 13.9. The van der Waals surface area contributed by atoms with Crippen molar-refractivity contribution in [2.24, 2.45) is 0 Å². The summed E-state index contributed by atoms with van der Waals surface area (Å²) < 4.78 is 13.9. The van der Waals surface area contributed by atoms with Gasteiger partial charge in [0.05, 0.1) is 0 Å². The molecular weight excluding hydrogens is 670 g/mol. The SMILES string of the molecule is CC1(C)c2ccccc2-c2ccc(N(c3ccc(-c4cccc5cccc(-c6ccc(F)cc6)c45)cc3)c3cccc(-c4ccc5ccccc5c4)c3)cc21. The maximum Gasteiger partial charge on any atom is 0.123 e. The van der Waals surface area contributed by atoms with Gasteiger partial charge < -0.3 is 4.90 Å². The summed E-state index contributed by atoms with van der Waals surface area (Å²) in [5.74, 6) is -0.233. The predicted octanol–water partition coefficient (Wildman–Crippen LogP) is 14.9. The van der Waals surface area contributed by atoms with Crippen molar-refractivity contribution >= 4 is 38.6 Å². The minimum absolute atomic E-state index is 0.124. The molecule has 9 aromatic rings. The lowest BCUT2D eigenvalue weighted by molar-refractivity contribution is 0.628. The minimum Gasteiger partial charge on any atom is -0.310 e. The number of anilines is 3. The lowest BCUT2D eigenvalue weighted by atomic mass is 9.82. The van der Waals surface area contributed by atoms with Crippen LogP contribution in [0, 0.1) is 5.82 Å². The van der Waals surface area contributed by atoms with Crippen LogP contribution < -0.4 is 4.90 Å². The van der Waals surface area contributed by atoms with E-state index >= 15 is 0 Å². The maximum atomic E-state index is 13.9. The molecule has 0 heterocycles. The van der Waals surface area contributed by atoms with Crippen LogP contribution in [0.4, 0.5) is 21.5 Å². The van der Waals surface area contributed by atoms with E-state index < -0.39 is 0 Å². The Kier molecular flexibility index (Phi) is 7.74. The Labute approximate surface area is 321 Å². The molecule has 1 aliphatic carbocycles. The first-order valence-electron chi connectivity index (χ1n) is 18.9. The van der Waals surface area contributed by atoms with Crippen LogP contribution in [0.3, 0.4) is 0 Å². The van der Waals surface area contributed by atoms with Gasteiger partial charge in [-0.2, -0.15) is 0 Å². The molecular formula is C53H38FN. The van der Waals surface area contributed by atoms with Crippen LogP contribution in [-0.2, 0) is 5.41 Å². The summed E-state index contributed by atoms with van der Waals surface area (Å²) in [6.07, 6.45) is 0. The molecule has 9 aromatic carbocycles. The van der Waals surface area contributed by atoms with Crippen LogP contribution in [0.1, 0.15) is 25.0 Å². The highest BCUT2D eigenvalue weighted by Crippen LogP contribution is 2.51. The van der Waals surface area contributed by atoms with E-state index in [-0.39, 0.29) is 11.2 Å². The molecule has 1 nitrogen and oxygen atoms in total. The van der Waals surface area contributed by atoms with Crippen LogP contribution in [-0.4, -0.2) is 0 Å². The molecule has 0 aliphatic heterocycles. The topological polar surface area (TPSA) is 3.24 Å². The fourth-order valence-electron chi connectivity index (χ4n) is 8.71. The van der Waals surface area contributed by atoms with Crippen LogP contribution in [0.25, 0.3) is 66.1 Å². The molecule has 10 rings (SSSR count). The largest absolute Gasteiger partial charge is 0.310 e. The van der Waals surface area contributed by atoms with Gasteiger partial charge in [0, 0.05) is 22.5 Å². The highest BCUT2D eigenvalue weighted by Gasteiger charge is 2.35. The van der Waals surface area contributed by atoms with Gasteiger partial charge in [0.25, 0.3) is 0 Å². The highest BCUT2D eigenvalue weighted by atomic mass is 19.1. The smallest absolute Gasteiger partial charge is 0.123 e. The van der Waals surface area contributed by atoms with E-state index in [1.54, 1.807) is 0 Å². The second-order valence-electron chi connectivity index (χ2n) is 15.1. The Balaban J connectivity index is 1.11. The van der Waals surface area contributed by atoms with Gasteiger partial charge >= 0.3 is 0 Å². The summed E-state index contributed by atoms with van der Waals surface area (Å²) in [7, 11) is 0. The average molecular weight is 708 g/mol. The molecule has 0 radical (unpaired) electrons. The van der Waals surface area contributed by atoms with E-state index in [1.807, 2.05) is 12.1 Å². The molecule has 55 heavy (non-hydrogen) atoms. The molecule has 0 saturated carbocycles. The number of hydrogen-bond acceptors (Lipinski definition) is 1. The van der Waals surface area contributed by atoms with Crippen LogP contribution >= 0.6 is 0 Å². The van der Waals surface area contributed by atoms with Crippen molar-refractivity contribution in [2.45, 2.75) is 19.3 Å². The van der Waals surface area contributed by atoms with Gasteiger partial charge in [-0.25, -0.2) is 4.39 Å². The van der Waals surface area contributed by atoms with Crippen LogP contribution in [0.2, 0.25) is 0 Å². The van der Waals surface area contributed by atoms with Crippen molar-refractivity contribution in [1.29, 1.82) is 0 Å². The average Bonchev–Trinajstić information content (AvgIpc) is 3.46. The molecule has 0 spiro atoms. The van der Waals surface area contributed by atoms with Gasteiger partial charge in [0.2, 0.25) is 0 Å². The third-order valence-corrected chi connectivity index (χ3v) is 11.5. The summed E-state index contributed by atoms with van der Waals surface area (Å²) in [4.78, 5) is 2.39. The second-order valence-corrected chi connectivity index (χ2v) is 15.1. The van der Waals surface area contributed by atoms with Crippen LogP contribution in [0.5, 0.6) is 0 Å². The monoisotopic (exact) mass is 707 g/mol. The van der Waals surface area contributed by atoms with E-state index in [2.05, 4.69) is 189 Å². The van der Waals surface area contributed by atoms with Crippen molar-refractivity contribution in [3.05, 3.63) is 211 Å². The summed E-state index contributed by atoms with van der Waals surface area (Å²) >= 11 is 0. The normalized spacial score (nSPS) is 12.8. The van der Waals surface area contributed by atoms with E-state index in [0.29, 0.717) is 0 Å². The molecule has 0 aromatic heterocycles. The predicted molar refractivity (Wildman–Crippen MR) is 230 cm³/mol. The Morgan fingerprint density at radius 3 is 1.67 bits per heavy atom. The van der Waals surface area contributed by atoms with Crippen molar-refractivity contribution < 1.29 is 4.39 Å². The Bertz CT molecular complexity index is 2900. The summed E-state index contributed by atoms with van der Waals surface area (Å²) in [6, 6.07) is 68.5. The number of rotatable bonds is 6. The molecule has 0 bridgehead atoms. The third kappa shape index (κ3) is 5.61. The summed E-state index contributed by atoms with van der Waals surface area (Å²) in [5, 5.41) is 4.78. The van der Waals surface area contributed by atoms with Gasteiger partial charge in [0.1, 0.15) is 5.82 Å². The van der Waals surface area contributed by atoms with Crippen LogP contribution in [0.15, 0.2) is 194 Å². The zero-order valence-corrected chi connectivity index (χ0v) is 30.8. The highest BCUT2D eigenvalue weighted by molar-refractivity contribution is 6.06. The molecule has 0 unspecified atom stereocenters. The number of hydrogen-bond donors (Lipinski definition) is 0. The zero-order valence-electron chi connectivity index (χ0n) is 30.8. The van der Waals surface area contributed by atoms with Gasteiger partial charge in [-0.3, -0.25) is 0 Å². The van der Waals surface area contributed by atoms with Gasteiger partial charge in [0.15, 0.2) is 0 Å². The molecule has 1 aliphatic rings. The lowest BCUT2D eigenvalue weighted by Gasteiger charge is -2.28. The standard InChI is InChI=1S/C53H38FN/c1-53(2)50-19-6-5-16-48(50)49-31-30-45(34-51(49)53)55(44-15-7-14-40(33-44)41-21-20-35-10-3-4-11-39(35)32-41)43-28-24-37(25-29-43)47-18-9-13-38-12-8-17-46(52(38)47)36-22-26-42(54)27-23-36/h3-34H,1-2H3. The lowest BCUT2D eigenvalue weighted by Crippen LogP contribution is -2.16. The van der Waals surface area contributed by atoms with E-state index in [1.165, 1.54) is 56.3 Å². The Hall–Kier alpha value is -6.77. The third-order valence-electron chi connectivity index (χ3n) is 11.5. The molecule has 0 amide bonds. The Morgan fingerprint density at radius 1 is 0.364 bits per heavy atom. The molecule has 262 valence electrons. The summed E-state index contributed by atoms with van der Waals surface area (Å²) in [5.41, 5.74) is 15.2. The molecule has 2 heteroatoms. The number of benzene rings is 9. The molecule has 0 fully saturated rings. The Morgan fingerprint density at radius 2 is 0.909 bits per heavy atom. The minimum atomic E-state index is -0.233. The molecule has 0 saturated heterocycles. The number of nitrogens with zero attached hydrogens (tertiary/aromatic N) is 1. The van der Waals surface area contributed by atoms with Gasteiger partial charge in [-0.15, -0.1) is 0 Å². The van der Waals surface area contributed by atoms with Gasteiger partial charge in [-0.05, 0) is 132 Å². The molecule has 0 N–H and O–H groups in total. The quantitative estimate of drug-likeness (QED) is 0.166. The van der Waals surface area contributed by atoms with Gasteiger partial charge in [-0.1, -0.05) is 153 Å². The summed E-state index contributed by atoms with van der Waals surface area (Å²) in [6.45, 7) is 4.68. The van der Waals surface area contributed by atoms with E-state index in [0.717, 1.165) is 50.1 Å². The van der Waals surface area contributed by atoms with E-state index in [9.17, 15) is 4.39 Å². The number of fused-ring (bicyclic) bond motifs is 5. The first-order chi connectivity index (χ1) is 26.9. The molecule has 0 atom stereocenters. The first-order valence-corrected chi connectivity index (χ1v) is 18.9. The first kappa shape index (κ1) is 32.8. The van der Waals surface area contributed by atoms with Crippen molar-refractivity contribution in [3.63, 3.8) is 0 Å². The number of halogens is 1.